The molecule has 0 heterocycles. The Balaban J connectivity index is 3.95. The van der Waals surface area contributed by atoms with E-state index in [1.807, 2.05) is 0 Å². The largest absolute Gasteiger partial charge is 0.502 e. The first-order valence-corrected chi connectivity index (χ1v) is 3.05. The van der Waals surface area contributed by atoms with Crippen molar-refractivity contribution in [1.82, 2.24) is 0 Å². The molecule has 66 valence electrons. The average molecular weight is 172 g/mol. The molecule has 0 saturated carbocycles. The monoisotopic (exact) mass is 172 g/mol. The first-order valence-electron chi connectivity index (χ1n) is 3.05. The number of rotatable bonds is 4. The molecule has 5 nitrogen and oxygen atoms in total. The van der Waals surface area contributed by atoms with Gasteiger partial charge < -0.3 is 15.3 Å². The maximum absolute atomic E-state index is 9.96. The Morgan fingerprint density at radius 3 is 2.17 bits per heavy atom. The summed E-state index contributed by atoms with van der Waals surface area (Å²) in [4.78, 5) is 19.9. The van der Waals surface area contributed by atoms with Gasteiger partial charge in [0.2, 0.25) is 5.76 Å². The zero-order valence-corrected chi connectivity index (χ0v) is 6.10. The summed E-state index contributed by atoms with van der Waals surface area (Å²) < 4.78 is 0. The van der Waals surface area contributed by atoms with E-state index < -0.39 is 17.7 Å². The second kappa shape index (κ2) is 4.95. The number of aliphatic hydroxyl groups is 1. The lowest BCUT2D eigenvalue weighted by Gasteiger charge is -1.86. The summed E-state index contributed by atoms with van der Waals surface area (Å²) in [6.07, 6.45) is 3.09. The van der Waals surface area contributed by atoms with E-state index in [0.29, 0.717) is 0 Å². The van der Waals surface area contributed by atoms with Crippen molar-refractivity contribution in [3.8, 4) is 0 Å². The second-order valence-corrected chi connectivity index (χ2v) is 1.88. The van der Waals surface area contributed by atoms with Crippen molar-refractivity contribution in [3.05, 3.63) is 24.0 Å². The minimum absolute atomic E-state index is 0.205. The molecule has 0 aromatic carbocycles. The Morgan fingerprint density at radius 2 is 1.75 bits per heavy atom. The molecule has 0 aliphatic heterocycles. The highest BCUT2D eigenvalue weighted by atomic mass is 16.4. The lowest BCUT2D eigenvalue weighted by molar-refractivity contribution is -0.136. The predicted octanol–water partition coefficient (Wildman–Crippen LogP) is 0.544. The molecule has 3 N–H and O–H groups in total. The van der Waals surface area contributed by atoms with Crippen LogP contribution in [0.15, 0.2) is 24.0 Å². The molecule has 0 amide bonds. The van der Waals surface area contributed by atoms with E-state index in [1.54, 1.807) is 0 Å². The van der Waals surface area contributed by atoms with Crippen molar-refractivity contribution < 1.29 is 24.9 Å². The molecule has 0 aliphatic carbocycles. The number of carboxylic acids is 2. The SMILES string of the molecule is O=C(O)C/C=C/C=C(/O)C(=O)O. The van der Waals surface area contributed by atoms with Crippen molar-refractivity contribution in [3.63, 3.8) is 0 Å². The van der Waals surface area contributed by atoms with Crippen LogP contribution in [0.25, 0.3) is 0 Å². The number of hydrogen-bond donors (Lipinski definition) is 3. The molecular weight excluding hydrogens is 164 g/mol. The normalized spacial score (nSPS) is 11.8. The van der Waals surface area contributed by atoms with E-state index in [-0.39, 0.29) is 6.42 Å². The van der Waals surface area contributed by atoms with Crippen LogP contribution in [0.4, 0.5) is 0 Å². The van der Waals surface area contributed by atoms with Gasteiger partial charge in [0.1, 0.15) is 0 Å². The molecule has 12 heavy (non-hydrogen) atoms. The number of carbonyl (C=O) groups is 2. The van der Waals surface area contributed by atoms with Crippen molar-refractivity contribution in [2.24, 2.45) is 0 Å². The number of hydrogen-bond acceptors (Lipinski definition) is 3. The summed E-state index contributed by atoms with van der Waals surface area (Å²) >= 11 is 0. The molecular formula is C7H8O5. The van der Waals surface area contributed by atoms with Gasteiger partial charge in [0.25, 0.3) is 0 Å². The minimum Gasteiger partial charge on any atom is -0.502 e. The van der Waals surface area contributed by atoms with Gasteiger partial charge in [0.05, 0.1) is 6.42 Å². The van der Waals surface area contributed by atoms with Crippen molar-refractivity contribution in [2.75, 3.05) is 0 Å². The van der Waals surface area contributed by atoms with E-state index in [2.05, 4.69) is 0 Å². The van der Waals surface area contributed by atoms with Crippen molar-refractivity contribution in [1.29, 1.82) is 0 Å². The van der Waals surface area contributed by atoms with Gasteiger partial charge in [-0.05, 0) is 6.08 Å². The molecule has 0 saturated heterocycles. The summed E-state index contributed by atoms with van der Waals surface area (Å²) in [5.41, 5.74) is 0. The Hall–Kier alpha value is -1.78. The van der Waals surface area contributed by atoms with E-state index >= 15 is 0 Å². The summed E-state index contributed by atoms with van der Waals surface area (Å²) in [5.74, 6) is -3.29. The molecule has 0 unspecified atom stereocenters. The van der Waals surface area contributed by atoms with Crippen LogP contribution in [0.1, 0.15) is 6.42 Å². The molecule has 0 fully saturated rings. The molecule has 0 rings (SSSR count). The van der Waals surface area contributed by atoms with Crippen LogP contribution in [0, 0.1) is 0 Å². The Labute approximate surface area is 68.3 Å². The van der Waals surface area contributed by atoms with Gasteiger partial charge in [-0.2, -0.15) is 0 Å². The first kappa shape index (κ1) is 10.2. The van der Waals surface area contributed by atoms with Gasteiger partial charge in [-0.1, -0.05) is 12.2 Å². The summed E-state index contributed by atoms with van der Waals surface area (Å²) in [7, 11) is 0. The van der Waals surface area contributed by atoms with Crippen LogP contribution in [0.5, 0.6) is 0 Å². The van der Waals surface area contributed by atoms with Crippen LogP contribution >= 0.6 is 0 Å². The average Bonchev–Trinajstić information content (AvgIpc) is 1.97. The van der Waals surface area contributed by atoms with Crippen molar-refractivity contribution >= 4 is 11.9 Å². The molecule has 5 heteroatoms. The van der Waals surface area contributed by atoms with Gasteiger partial charge in [0.15, 0.2) is 0 Å². The second-order valence-electron chi connectivity index (χ2n) is 1.88. The third-order valence-electron chi connectivity index (χ3n) is 0.902. The smallest absolute Gasteiger partial charge is 0.370 e. The first-order chi connectivity index (χ1) is 5.54. The van der Waals surface area contributed by atoms with Crippen LogP contribution in [-0.4, -0.2) is 27.3 Å². The lowest BCUT2D eigenvalue weighted by atomic mass is 10.3. The maximum Gasteiger partial charge on any atom is 0.370 e. The van der Waals surface area contributed by atoms with E-state index in [1.165, 1.54) is 6.08 Å². The molecule has 0 radical (unpaired) electrons. The quantitative estimate of drug-likeness (QED) is 0.327. The molecule has 0 aromatic rings. The number of carboxylic acid groups (broad SMARTS) is 2. The van der Waals surface area contributed by atoms with Crippen LogP contribution in [0.2, 0.25) is 0 Å². The third kappa shape index (κ3) is 5.04. The highest BCUT2D eigenvalue weighted by Gasteiger charge is 1.99. The fraction of sp³-hybridized carbons (Fsp3) is 0.143. The molecule has 0 spiro atoms. The molecule has 0 aliphatic rings. The van der Waals surface area contributed by atoms with Gasteiger partial charge in [-0.15, -0.1) is 0 Å². The highest BCUT2D eigenvalue weighted by molar-refractivity contribution is 5.84. The molecule has 0 atom stereocenters. The van der Waals surface area contributed by atoms with Gasteiger partial charge in [0, 0.05) is 0 Å². The highest BCUT2D eigenvalue weighted by Crippen LogP contribution is 1.90. The number of aliphatic hydroxyl groups excluding tert-OH is 1. The summed E-state index contributed by atoms with van der Waals surface area (Å²) in [5, 5.41) is 24.8. The minimum atomic E-state index is -1.45. The zero-order valence-electron chi connectivity index (χ0n) is 6.10. The Bertz CT molecular complexity index is 238. The fourth-order valence-electron chi connectivity index (χ4n) is 0.399. The zero-order chi connectivity index (χ0) is 9.56. The van der Waals surface area contributed by atoms with Crippen molar-refractivity contribution in [2.45, 2.75) is 6.42 Å². The topological polar surface area (TPSA) is 94.8 Å². The molecule has 0 aromatic heterocycles. The summed E-state index contributed by atoms with van der Waals surface area (Å²) in [6.45, 7) is 0. The summed E-state index contributed by atoms with van der Waals surface area (Å²) in [6, 6.07) is 0. The predicted molar refractivity (Wildman–Crippen MR) is 39.7 cm³/mol. The van der Waals surface area contributed by atoms with E-state index in [4.69, 9.17) is 15.3 Å². The van der Waals surface area contributed by atoms with E-state index in [0.717, 1.165) is 12.2 Å². The fourth-order valence-corrected chi connectivity index (χ4v) is 0.399. The van der Waals surface area contributed by atoms with Crippen LogP contribution < -0.4 is 0 Å². The van der Waals surface area contributed by atoms with Gasteiger partial charge >= 0.3 is 11.9 Å². The van der Waals surface area contributed by atoms with Crippen LogP contribution in [0.3, 0.4) is 0 Å². The Morgan fingerprint density at radius 1 is 1.17 bits per heavy atom. The van der Waals surface area contributed by atoms with E-state index in [9.17, 15) is 9.59 Å². The maximum atomic E-state index is 9.96. The molecule has 0 bridgehead atoms. The third-order valence-corrected chi connectivity index (χ3v) is 0.902. The standard InChI is InChI=1S/C7H8O5/c8-5(7(11)12)3-1-2-4-6(9)10/h1-3,8H,4H2,(H,9,10)(H,11,12)/b2-1+,5-3+. The van der Waals surface area contributed by atoms with Crippen LogP contribution in [-0.2, 0) is 9.59 Å². The number of aliphatic carboxylic acids is 2. The lowest BCUT2D eigenvalue weighted by Crippen LogP contribution is -1.97. The van der Waals surface area contributed by atoms with Gasteiger partial charge in [-0.3, -0.25) is 4.79 Å². The Kier molecular flexibility index (Phi) is 4.21. The number of allylic oxidation sites excluding steroid dienone is 2. The van der Waals surface area contributed by atoms with Gasteiger partial charge in [-0.25, -0.2) is 4.79 Å².